The third-order valence-corrected chi connectivity index (χ3v) is 10.5. The maximum atomic E-state index is 6.48. The molecule has 0 unspecified atom stereocenters. The first kappa shape index (κ1) is 16.7. The van der Waals surface area contributed by atoms with E-state index in [9.17, 15) is 0 Å². The van der Waals surface area contributed by atoms with Crippen molar-refractivity contribution in [1.82, 2.24) is 9.97 Å². The minimum absolute atomic E-state index is 0.991. The Hall–Kier alpha value is -3.08. The zero-order chi connectivity index (χ0) is 19.7. The second kappa shape index (κ2) is 6.21. The first-order valence-electron chi connectivity index (χ1n) is 9.83. The number of ether oxygens (including phenoxy) is 1. The van der Waals surface area contributed by atoms with Crippen LogP contribution in [0.2, 0.25) is 0 Å². The van der Waals surface area contributed by atoms with E-state index in [2.05, 4.69) is 60.7 Å². The van der Waals surface area contributed by atoms with Gasteiger partial charge in [-0.1, -0.05) is 0 Å². The van der Waals surface area contributed by atoms with Crippen LogP contribution in [0.15, 0.2) is 85.2 Å². The number of aromatic nitrogens is 2. The van der Waals surface area contributed by atoms with Crippen molar-refractivity contribution in [1.29, 1.82) is 0 Å². The Balaban J connectivity index is 1.59. The Kier molecular flexibility index (Phi) is 3.45. The van der Waals surface area contributed by atoms with Crippen LogP contribution in [0.25, 0.3) is 43.4 Å². The van der Waals surface area contributed by atoms with Crippen LogP contribution in [0, 0.1) is 0 Å². The van der Waals surface area contributed by atoms with Gasteiger partial charge in [0.1, 0.15) is 0 Å². The molecule has 0 bridgehead atoms. The Morgan fingerprint density at radius 3 is 1.53 bits per heavy atom. The van der Waals surface area contributed by atoms with Crippen LogP contribution >= 0.6 is 0 Å². The predicted molar refractivity (Wildman–Crippen MR) is 124 cm³/mol. The summed E-state index contributed by atoms with van der Waals surface area (Å²) < 4.78 is 9.21. The molecule has 7 rings (SSSR count). The molecule has 0 spiro atoms. The molecule has 0 N–H and O–H groups in total. The van der Waals surface area contributed by atoms with Crippen LogP contribution in [-0.2, 0) is 0 Å². The van der Waals surface area contributed by atoms with Crippen molar-refractivity contribution in [3.8, 4) is 11.5 Å². The van der Waals surface area contributed by atoms with E-state index < -0.39 is 23.6 Å². The first-order valence-corrected chi connectivity index (χ1v) is 13.0. The normalized spacial score (nSPS) is 12.8. The molecular formula is C26H14N2OPo. The molecule has 4 heteroatoms. The van der Waals surface area contributed by atoms with Crippen LogP contribution in [0.4, 0.5) is 0 Å². The summed E-state index contributed by atoms with van der Waals surface area (Å²) in [4.78, 5) is 9.49. The van der Waals surface area contributed by atoms with E-state index in [-0.39, 0.29) is 0 Å². The molecule has 2 aromatic heterocycles. The average Bonchev–Trinajstić information content (AvgIpc) is 2.82. The summed E-state index contributed by atoms with van der Waals surface area (Å²) in [6, 6.07) is 25.6. The molecule has 1 aliphatic rings. The molecule has 30 heavy (non-hydrogen) atoms. The monoisotopic (exact) mass is 579 g/mol. The molecule has 140 valence electrons. The summed E-state index contributed by atoms with van der Waals surface area (Å²) in [5.74, 6) is 1.98. The van der Waals surface area contributed by atoms with Gasteiger partial charge < -0.3 is 0 Å². The number of fused-ring (bicyclic) bond motifs is 10. The van der Waals surface area contributed by atoms with Crippen molar-refractivity contribution >= 4 is 73.4 Å². The fraction of sp³-hybridized carbons (Fsp3) is 0. The number of pyridine rings is 2. The van der Waals surface area contributed by atoms with Crippen LogP contribution < -0.4 is 11.2 Å². The van der Waals surface area contributed by atoms with Crippen LogP contribution in [0.1, 0.15) is 0 Å². The molecule has 0 fully saturated rings. The molecule has 3 nitrogen and oxygen atoms in total. The van der Waals surface area contributed by atoms with E-state index in [1.807, 2.05) is 24.5 Å². The number of hydrogen-bond donors (Lipinski definition) is 0. The van der Waals surface area contributed by atoms with Gasteiger partial charge in [0.25, 0.3) is 0 Å². The standard InChI is InChI=1S/C26H14N2O.Po/c1-3-19-7-5-17-9-11-21(15-23(17)25(19)27-13-1)29-22-12-10-18-6-8-20-4-2-14-28-26(20)24(18)16-22;/h1-14H;. The van der Waals surface area contributed by atoms with Crippen molar-refractivity contribution in [2.24, 2.45) is 0 Å². The van der Waals surface area contributed by atoms with Crippen molar-refractivity contribution in [3.05, 3.63) is 85.2 Å². The summed E-state index contributed by atoms with van der Waals surface area (Å²) in [6.45, 7) is 0. The summed E-state index contributed by atoms with van der Waals surface area (Å²) in [6.07, 6.45) is 3.77. The van der Waals surface area contributed by atoms with Crippen molar-refractivity contribution in [2.75, 3.05) is 0 Å². The van der Waals surface area contributed by atoms with Crippen LogP contribution in [-0.4, -0.2) is 33.5 Å². The molecule has 0 atom stereocenters. The van der Waals surface area contributed by atoms with Crippen molar-refractivity contribution < 1.29 is 4.74 Å². The summed E-state index contributed by atoms with van der Waals surface area (Å²) in [5.41, 5.74) is 2.14. The molecular weight excluding hydrogens is 565 g/mol. The Labute approximate surface area is 184 Å². The molecule has 0 amide bonds. The van der Waals surface area contributed by atoms with E-state index in [0.29, 0.717) is 0 Å². The van der Waals surface area contributed by atoms with E-state index in [4.69, 9.17) is 14.7 Å². The molecule has 0 saturated heterocycles. The van der Waals surface area contributed by atoms with Crippen LogP contribution in [0.3, 0.4) is 0 Å². The molecule has 0 radical (unpaired) electrons. The summed E-state index contributed by atoms with van der Waals surface area (Å²) >= 11 is -1.14. The van der Waals surface area contributed by atoms with Gasteiger partial charge >= 0.3 is 185 Å². The second-order valence-electron chi connectivity index (χ2n) is 7.47. The number of benzene rings is 4. The van der Waals surface area contributed by atoms with E-state index in [1.165, 1.54) is 38.8 Å². The van der Waals surface area contributed by atoms with Gasteiger partial charge in [0.15, 0.2) is 0 Å². The van der Waals surface area contributed by atoms with E-state index in [0.717, 1.165) is 22.5 Å². The van der Waals surface area contributed by atoms with Gasteiger partial charge in [-0.15, -0.1) is 0 Å². The zero-order valence-corrected chi connectivity index (χ0v) is 19.0. The molecule has 6 aromatic rings. The topological polar surface area (TPSA) is 35.0 Å². The minimum atomic E-state index is -1.14. The van der Waals surface area contributed by atoms with Gasteiger partial charge in [-0.2, -0.15) is 0 Å². The van der Waals surface area contributed by atoms with Crippen molar-refractivity contribution in [3.63, 3.8) is 0 Å². The predicted octanol–water partition coefficient (Wildman–Crippen LogP) is 4.85. The van der Waals surface area contributed by atoms with Gasteiger partial charge in [0, 0.05) is 0 Å². The Bertz CT molecular complexity index is 1540. The number of hydrogen-bond acceptors (Lipinski definition) is 3. The average molecular weight is 579 g/mol. The maximum absolute atomic E-state index is 6.48. The van der Waals surface area contributed by atoms with Crippen LogP contribution in [0.5, 0.6) is 11.5 Å². The quantitative estimate of drug-likeness (QED) is 0.241. The van der Waals surface area contributed by atoms with E-state index in [1.54, 1.807) is 0 Å². The third kappa shape index (κ3) is 2.29. The number of nitrogens with zero attached hydrogens (tertiary/aromatic N) is 2. The Morgan fingerprint density at radius 1 is 0.533 bits per heavy atom. The molecule has 1 aliphatic heterocycles. The first-order chi connectivity index (χ1) is 14.9. The summed E-state index contributed by atoms with van der Waals surface area (Å²) in [7, 11) is 0. The van der Waals surface area contributed by atoms with E-state index >= 15 is 0 Å². The second-order valence-corrected chi connectivity index (χ2v) is 11.4. The SMILES string of the molecule is c1cnc2c(c1)ccc1ccc3[c](c12)[Po][c]1c(ccc2ccc4cccnc4c12)O3. The summed E-state index contributed by atoms with van der Waals surface area (Å²) in [5, 5.41) is 7.32. The fourth-order valence-electron chi connectivity index (χ4n) is 4.39. The molecule has 4 aromatic carbocycles. The van der Waals surface area contributed by atoms with Gasteiger partial charge in [-0.25, -0.2) is 0 Å². The van der Waals surface area contributed by atoms with Crippen molar-refractivity contribution in [2.45, 2.75) is 0 Å². The Morgan fingerprint density at radius 2 is 1.00 bits per heavy atom. The molecule has 0 aliphatic carbocycles. The fourth-order valence-corrected chi connectivity index (χ4v) is 9.28. The molecule has 0 saturated carbocycles. The van der Waals surface area contributed by atoms with Gasteiger partial charge in [0.05, 0.1) is 0 Å². The molecule has 3 heterocycles. The van der Waals surface area contributed by atoms with Gasteiger partial charge in [-0.05, 0) is 0 Å². The van der Waals surface area contributed by atoms with Gasteiger partial charge in [-0.3, -0.25) is 0 Å². The van der Waals surface area contributed by atoms with Gasteiger partial charge in [0.2, 0.25) is 0 Å². The zero-order valence-electron chi connectivity index (χ0n) is 15.8. The third-order valence-electron chi connectivity index (χ3n) is 5.77. The number of rotatable bonds is 0.